The summed E-state index contributed by atoms with van der Waals surface area (Å²) >= 11 is 0. The minimum Gasteiger partial charge on any atom is -0.306 e. The van der Waals surface area contributed by atoms with Gasteiger partial charge >= 0.3 is 6.18 Å². The number of alkyl halides is 3. The molecule has 2 aromatic rings. The highest BCUT2D eigenvalue weighted by Crippen LogP contribution is 2.37. The van der Waals surface area contributed by atoms with Crippen molar-refractivity contribution in [1.82, 2.24) is 4.90 Å². The zero-order chi connectivity index (χ0) is 20.3. The van der Waals surface area contributed by atoms with E-state index in [0.29, 0.717) is 5.56 Å². The monoisotopic (exact) mass is 382 g/mol. The van der Waals surface area contributed by atoms with E-state index in [2.05, 4.69) is 0 Å². The first-order chi connectivity index (χ1) is 13.3. The first-order valence-corrected chi connectivity index (χ1v) is 8.63. The second kappa shape index (κ2) is 7.73. The number of nitrogens with zero attached hydrogens (tertiary/aromatic N) is 2. The maximum absolute atomic E-state index is 13.5. The molecule has 0 bridgehead atoms. The third-order valence-corrected chi connectivity index (χ3v) is 4.47. The van der Waals surface area contributed by atoms with Crippen LogP contribution in [0.4, 0.5) is 13.2 Å². The number of benzene rings is 2. The predicted molar refractivity (Wildman–Crippen MR) is 99.7 cm³/mol. The molecule has 0 radical (unpaired) electrons. The van der Waals surface area contributed by atoms with Gasteiger partial charge in [-0.15, -0.1) is 0 Å². The van der Waals surface area contributed by atoms with Crippen molar-refractivity contribution in [2.75, 3.05) is 6.54 Å². The molecule has 1 aliphatic rings. The molecule has 0 aliphatic carbocycles. The quantitative estimate of drug-likeness (QED) is 0.765. The zero-order valence-corrected chi connectivity index (χ0v) is 15.1. The molecule has 3 rings (SSSR count). The molecule has 0 unspecified atom stereocenters. The Kier molecular flexibility index (Phi) is 5.36. The standard InChI is InChI=1S/C22H17F3N2O/c1-15-6-5-9-17(10-15)20-12-19(22(23,24)25)18(13-26)14-27(20)21(28)11-16-7-3-2-4-8-16/h2-10,12H,11,14H2,1H3. The maximum atomic E-state index is 13.5. The molecular formula is C22H17F3N2O. The summed E-state index contributed by atoms with van der Waals surface area (Å²) in [6.45, 7) is 1.42. The van der Waals surface area contributed by atoms with Gasteiger partial charge in [0.15, 0.2) is 0 Å². The molecule has 0 N–H and O–H groups in total. The van der Waals surface area contributed by atoms with E-state index in [-0.39, 0.29) is 18.0 Å². The van der Waals surface area contributed by atoms with Crippen LogP contribution >= 0.6 is 0 Å². The van der Waals surface area contributed by atoms with Crippen LogP contribution in [0.15, 0.2) is 71.8 Å². The lowest BCUT2D eigenvalue weighted by molar-refractivity contribution is -0.127. The number of carbonyl (C=O) groups is 1. The van der Waals surface area contributed by atoms with Crippen LogP contribution < -0.4 is 0 Å². The van der Waals surface area contributed by atoms with E-state index in [1.54, 1.807) is 48.5 Å². The second-order valence-electron chi connectivity index (χ2n) is 6.54. The van der Waals surface area contributed by atoms with Gasteiger partial charge in [0.2, 0.25) is 5.91 Å². The van der Waals surface area contributed by atoms with Gasteiger partial charge in [-0.2, -0.15) is 18.4 Å². The Morgan fingerprint density at radius 2 is 1.86 bits per heavy atom. The van der Waals surface area contributed by atoms with Crippen LogP contribution in [0.5, 0.6) is 0 Å². The van der Waals surface area contributed by atoms with Gasteiger partial charge in [-0.3, -0.25) is 4.79 Å². The normalized spacial score (nSPS) is 14.5. The topological polar surface area (TPSA) is 44.1 Å². The van der Waals surface area contributed by atoms with Gasteiger partial charge in [-0.1, -0.05) is 54.1 Å². The first-order valence-electron chi connectivity index (χ1n) is 8.63. The number of aryl methyl sites for hydroxylation is 1. The summed E-state index contributed by atoms with van der Waals surface area (Å²) in [4.78, 5) is 14.2. The van der Waals surface area contributed by atoms with Crippen LogP contribution in [-0.4, -0.2) is 23.5 Å². The number of carbonyl (C=O) groups excluding carboxylic acids is 1. The molecule has 0 fully saturated rings. The fourth-order valence-electron chi connectivity index (χ4n) is 3.11. The smallest absolute Gasteiger partial charge is 0.306 e. The number of hydrogen-bond donors (Lipinski definition) is 0. The number of halogens is 3. The Morgan fingerprint density at radius 3 is 2.46 bits per heavy atom. The van der Waals surface area contributed by atoms with Crippen LogP contribution in [-0.2, 0) is 11.2 Å². The highest BCUT2D eigenvalue weighted by atomic mass is 19.4. The number of hydrogen-bond acceptors (Lipinski definition) is 2. The highest BCUT2D eigenvalue weighted by Gasteiger charge is 2.39. The number of amides is 1. The third kappa shape index (κ3) is 4.15. The Bertz CT molecular complexity index is 998. The predicted octanol–water partition coefficient (Wildman–Crippen LogP) is 4.80. The summed E-state index contributed by atoms with van der Waals surface area (Å²) in [5.41, 5.74) is 0.786. The molecule has 0 spiro atoms. The SMILES string of the molecule is Cc1cccc(C2=CC(C(F)(F)F)=C(C#N)CN2C(=O)Cc2ccccc2)c1. The van der Waals surface area contributed by atoms with Gasteiger partial charge in [-0.05, 0) is 30.2 Å². The van der Waals surface area contributed by atoms with Crippen molar-refractivity contribution < 1.29 is 18.0 Å². The summed E-state index contributed by atoms with van der Waals surface area (Å²) in [6, 6.07) is 17.5. The number of rotatable bonds is 3. The maximum Gasteiger partial charge on any atom is 0.417 e. The molecule has 0 atom stereocenters. The number of nitriles is 1. The minimum atomic E-state index is -4.67. The Labute approximate surface area is 161 Å². The van der Waals surface area contributed by atoms with E-state index in [0.717, 1.165) is 17.2 Å². The highest BCUT2D eigenvalue weighted by molar-refractivity contribution is 5.90. The zero-order valence-electron chi connectivity index (χ0n) is 15.1. The fraction of sp³-hybridized carbons (Fsp3) is 0.182. The van der Waals surface area contributed by atoms with Crippen molar-refractivity contribution in [2.24, 2.45) is 0 Å². The van der Waals surface area contributed by atoms with Crippen LogP contribution in [0.25, 0.3) is 5.70 Å². The van der Waals surface area contributed by atoms with Gasteiger partial charge in [-0.25, -0.2) is 0 Å². The molecule has 142 valence electrons. The average molecular weight is 382 g/mol. The Morgan fingerprint density at radius 1 is 1.14 bits per heavy atom. The third-order valence-electron chi connectivity index (χ3n) is 4.47. The summed E-state index contributed by atoms with van der Waals surface area (Å²) in [7, 11) is 0. The largest absolute Gasteiger partial charge is 0.417 e. The van der Waals surface area contributed by atoms with Gasteiger partial charge < -0.3 is 4.90 Å². The molecule has 3 nitrogen and oxygen atoms in total. The van der Waals surface area contributed by atoms with E-state index in [1.807, 2.05) is 19.1 Å². The average Bonchev–Trinajstić information content (AvgIpc) is 2.67. The van der Waals surface area contributed by atoms with E-state index in [9.17, 15) is 23.2 Å². The van der Waals surface area contributed by atoms with Crippen LogP contribution in [0.2, 0.25) is 0 Å². The second-order valence-corrected chi connectivity index (χ2v) is 6.54. The molecule has 6 heteroatoms. The molecule has 1 heterocycles. The lowest BCUT2D eigenvalue weighted by Crippen LogP contribution is -2.36. The van der Waals surface area contributed by atoms with E-state index in [1.165, 1.54) is 4.90 Å². The first kappa shape index (κ1) is 19.4. The van der Waals surface area contributed by atoms with Gasteiger partial charge in [0.1, 0.15) is 0 Å². The van der Waals surface area contributed by atoms with Crippen molar-refractivity contribution in [3.8, 4) is 6.07 Å². The van der Waals surface area contributed by atoms with Crippen molar-refractivity contribution >= 4 is 11.6 Å². The van der Waals surface area contributed by atoms with Gasteiger partial charge in [0, 0.05) is 0 Å². The van der Waals surface area contributed by atoms with Crippen molar-refractivity contribution in [2.45, 2.75) is 19.5 Å². The molecule has 28 heavy (non-hydrogen) atoms. The summed E-state index contributed by atoms with van der Waals surface area (Å²) in [6.07, 6.45) is -3.74. The number of allylic oxidation sites excluding steroid dienone is 2. The van der Waals surface area contributed by atoms with Crippen LogP contribution in [0.1, 0.15) is 16.7 Å². The van der Waals surface area contributed by atoms with Gasteiger partial charge in [0.05, 0.1) is 35.9 Å². The Balaban J connectivity index is 2.06. The lowest BCUT2D eigenvalue weighted by Gasteiger charge is -2.31. The molecule has 2 aromatic carbocycles. The molecule has 0 saturated carbocycles. The van der Waals surface area contributed by atoms with E-state index in [4.69, 9.17) is 0 Å². The van der Waals surface area contributed by atoms with Crippen molar-refractivity contribution in [3.63, 3.8) is 0 Å². The molecule has 1 aliphatic heterocycles. The molecule has 1 amide bonds. The summed E-state index contributed by atoms with van der Waals surface area (Å²) in [5.74, 6) is -0.368. The minimum absolute atomic E-state index is 0.0318. The van der Waals surface area contributed by atoms with Crippen molar-refractivity contribution in [3.05, 3.63) is 88.5 Å². The van der Waals surface area contributed by atoms with Gasteiger partial charge in [0.25, 0.3) is 0 Å². The van der Waals surface area contributed by atoms with Crippen molar-refractivity contribution in [1.29, 1.82) is 5.26 Å². The van der Waals surface area contributed by atoms with Crippen LogP contribution in [0.3, 0.4) is 0 Å². The Hall–Kier alpha value is -3.33. The molecular weight excluding hydrogens is 365 g/mol. The van der Waals surface area contributed by atoms with Crippen LogP contribution in [0, 0.1) is 18.3 Å². The summed E-state index contributed by atoms with van der Waals surface area (Å²) < 4.78 is 40.4. The summed E-state index contributed by atoms with van der Waals surface area (Å²) in [5, 5.41) is 9.24. The fourth-order valence-corrected chi connectivity index (χ4v) is 3.11. The molecule has 0 saturated heterocycles. The van der Waals surface area contributed by atoms with E-state index >= 15 is 0 Å². The van der Waals surface area contributed by atoms with E-state index < -0.39 is 23.9 Å². The lowest BCUT2D eigenvalue weighted by atomic mass is 9.97. The molecule has 0 aromatic heterocycles.